The Labute approximate surface area is 135 Å². The number of pyridine rings is 1. The molecule has 1 aromatic rings. The lowest BCUT2D eigenvalue weighted by atomic mass is 10.0. The van der Waals surface area contributed by atoms with Crippen LogP contribution in [0.3, 0.4) is 0 Å². The number of rotatable bonds is 2. The maximum absolute atomic E-state index is 12.8. The normalized spacial score (nSPS) is 27.5. The summed E-state index contributed by atoms with van der Waals surface area (Å²) in [5.74, 6) is -0.431. The zero-order chi connectivity index (χ0) is 16.6. The molecule has 0 bridgehead atoms. The molecule has 2 aliphatic heterocycles. The van der Waals surface area contributed by atoms with Crippen molar-refractivity contribution in [1.82, 2.24) is 14.2 Å². The number of sulfonamides is 1. The van der Waals surface area contributed by atoms with Crippen LogP contribution in [0.5, 0.6) is 0 Å². The van der Waals surface area contributed by atoms with E-state index in [2.05, 4.69) is 4.98 Å². The van der Waals surface area contributed by atoms with E-state index < -0.39 is 15.8 Å². The number of carbonyl (C=O) groups excluding carboxylic acids is 1. The third kappa shape index (κ3) is 3.23. The number of halogens is 1. The molecule has 0 aliphatic carbocycles. The van der Waals surface area contributed by atoms with Gasteiger partial charge < -0.3 is 4.90 Å². The van der Waals surface area contributed by atoms with Gasteiger partial charge in [0.2, 0.25) is 15.9 Å². The lowest BCUT2D eigenvalue weighted by molar-refractivity contribution is -0.130. The third-order valence-corrected chi connectivity index (χ3v) is 7.17. The van der Waals surface area contributed by atoms with E-state index in [4.69, 9.17) is 0 Å². The molecular formula is C15H20FN3O3S. The fraction of sp³-hybridized carbons (Fsp3) is 0.600. The molecule has 2 aliphatic rings. The Morgan fingerprint density at radius 2 is 2.09 bits per heavy atom. The summed E-state index contributed by atoms with van der Waals surface area (Å²) in [6, 6.07) is 2.78. The smallest absolute Gasteiger partial charge is 0.228 e. The molecule has 0 radical (unpaired) electrons. The maximum atomic E-state index is 12.8. The predicted molar refractivity (Wildman–Crippen MR) is 82.5 cm³/mol. The standard InChI is InChI=1S/C15H20FN3O3S/c1-18-10-11-4-6-19(7-5-14(11)23(18,21)22)15(20)8-13-3-2-12(16)9-17-13/h2-3,9,11,14H,4-8,10H2,1H3/t11-,14-/m1/s1. The molecule has 8 heteroatoms. The van der Waals surface area contributed by atoms with Crippen molar-refractivity contribution in [2.24, 2.45) is 5.92 Å². The van der Waals surface area contributed by atoms with Gasteiger partial charge in [-0.05, 0) is 30.9 Å². The monoisotopic (exact) mass is 341 g/mol. The van der Waals surface area contributed by atoms with Gasteiger partial charge in [0.05, 0.1) is 17.9 Å². The second-order valence-electron chi connectivity index (χ2n) is 6.23. The maximum Gasteiger partial charge on any atom is 0.228 e. The van der Waals surface area contributed by atoms with Gasteiger partial charge in [-0.15, -0.1) is 0 Å². The van der Waals surface area contributed by atoms with Gasteiger partial charge in [0, 0.05) is 32.4 Å². The average molecular weight is 341 g/mol. The second-order valence-corrected chi connectivity index (χ2v) is 8.49. The topological polar surface area (TPSA) is 70.6 Å². The van der Waals surface area contributed by atoms with Crippen molar-refractivity contribution in [3.8, 4) is 0 Å². The minimum atomic E-state index is -3.22. The molecule has 1 amide bonds. The van der Waals surface area contributed by atoms with Crippen LogP contribution < -0.4 is 0 Å². The molecule has 2 saturated heterocycles. The molecule has 1 aromatic heterocycles. The number of fused-ring (bicyclic) bond motifs is 1. The Bertz CT molecular complexity index is 692. The van der Waals surface area contributed by atoms with Gasteiger partial charge in [0.25, 0.3) is 0 Å². The molecule has 0 unspecified atom stereocenters. The van der Waals surface area contributed by atoms with Gasteiger partial charge in [-0.25, -0.2) is 17.1 Å². The highest BCUT2D eigenvalue weighted by Gasteiger charge is 2.45. The molecule has 0 N–H and O–H groups in total. The molecular weight excluding hydrogens is 321 g/mol. The van der Waals surface area contributed by atoms with Crippen molar-refractivity contribution >= 4 is 15.9 Å². The molecule has 0 spiro atoms. The Hall–Kier alpha value is -1.54. The van der Waals surface area contributed by atoms with Crippen LogP contribution in [0, 0.1) is 11.7 Å². The zero-order valence-electron chi connectivity index (χ0n) is 13.0. The van der Waals surface area contributed by atoms with E-state index in [-0.39, 0.29) is 23.5 Å². The summed E-state index contributed by atoms with van der Waals surface area (Å²) in [7, 11) is -1.60. The van der Waals surface area contributed by atoms with Crippen LogP contribution in [0.15, 0.2) is 18.3 Å². The van der Waals surface area contributed by atoms with E-state index in [1.807, 2.05) is 0 Å². The Kier molecular flexibility index (Phi) is 4.37. The SMILES string of the molecule is CN1C[C@H]2CCN(C(=O)Cc3ccc(F)cn3)CC[C@H]2S1(=O)=O. The number of hydrogen-bond donors (Lipinski definition) is 0. The van der Waals surface area contributed by atoms with Gasteiger partial charge in [-0.2, -0.15) is 0 Å². The third-order valence-electron chi connectivity index (χ3n) is 4.76. The Morgan fingerprint density at radius 1 is 1.35 bits per heavy atom. The molecule has 0 saturated carbocycles. The second kappa shape index (κ2) is 6.16. The van der Waals surface area contributed by atoms with Gasteiger partial charge in [-0.3, -0.25) is 9.78 Å². The summed E-state index contributed by atoms with van der Waals surface area (Å²) < 4.78 is 38.8. The molecule has 126 valence electrons. The van der Waals surface area contributed by atoms with Crippen LogP contribution in [-0.2, 0) is 21.2 Å². The van der Waals surface area contributed by atoms with Crippen molar-refractivity contribution in [2.45, 2.75) is 24.5 Å². The quantitative estimate of drug-likeness (QED) is 0.792. The highest BCUT2D eigenvalue weighted by molar-refractivity contribution is 7.90. The number of carbonyl (C=O) groups is 1. The number of amides is 1. The van der Waals surface area contributed by atoms with Gasteiger partial charge >= 0.3 is 0 Å². The summed E-state index contributed by atoms with van der Waals surface area (Å²) in [5.41, 5.74) is 0.521. The van der Waals surface area contributed by atoms with Crippen LogP contribution in [0.1, 0.15) is 18.5 Å². The first kappa shape index (κ1) is 16.3. The first-order valence-corrected chi connectivity index (χ1v) is 9.21. The fourth-order valence-corrected chi connectivity index (χ4v) is 5.40. The largest absolute Gasteiger partial charge is 0.342 e. The van der Waals surface area contributed by atoms with Crippen molar-refractivity contribution < 1.29 is 17.6 Å². The molecule has 2 fully saturated rings. The minimum Gasteiger partial charge on any atom is -0.342 e. The Balaban J connectivity index is 1.65. The average Bonchev–Trinajstić information content (AvgIpc) is 2.67. The molecule has 3 heterocycles. The van der Waals surface area contributed by atoms with E-state index in [1.54, 1.807) is 11.9 Å². The van der Waals surface area contributed by atoms with Crippen LogP contribution in [0.2, 0.25) is 0 Å². The Morgan fingerprint density at radius 3 is 2.78 bits per heavy atom. The molecule has 2 atom stereocenters. The van der Waals surface area contributed by atoms with Crippen molar-refractivity contribution in [2.75, 3.05) is 26.7 Å². The molecule has 0 aromatic carbocycles. The number of hydrogen-bond acceptors (Lipinski definition) is 4. The van der Waals surface area contributed by atoms with Gasteiger partial charge in [0.1, 0.15) is 5.82 Å². The van der Waals surface area contributed by atoms with Gasteiger partial charge in [-0.1, -0.05) is 0 Å². The predicted octanol–water partition coefficient (Wildman–Crippen LogP) is 0.646. The minimum absolute atomic E-state index is 0.0881. The van der Waals surface area contributed by atoms with E-state index in [1.165, 1.54) is 16.4 Å². The molecule has 6 nitrogen and oxygen atoms in total. The lowest BCUT2D eigenvalue weighted by Crippen LogP contribution is -2.35. The first-order chi connectivity index (χ1) is 10.9. The summed E-state index contributed by atoms with van der Waals surface area (Å²) >= 11 is 0. The van der Waals surface area contributed by atoms with Crippen LogP contribution in [0.4, 0.5) is 4.39 Å². The van der Waals surface area contributed by atoms with Gasteiger partial charge in [0.15, 0.2) is 0 Å². The summed E-state index contributed by atoms with van der Waals surface area (Å²) in [6.45, 7) is 1.54. The summed E-state index contributed by atoms with van der Waals surface area (Å²) in [6.07, 6.45) is 2.37. The summed E-state index contributed by atoms with van der Waals surface area (Å²) in [4.78, 5) is 18.0. The van der Waals surface area contributed by atoms with Crippen molar-refractivity contribution in [1.29, 1.82) is 0 Å². The first-order valence-electron chi connectivity index (χ1n) is 7.71. The molecule has 23 heavy (non-hydrogen) atoms. The number of nitrogens with zero attached hydrogens (tertiary/aromatic N) is 3. The highest BCUT2D eigenvalue weighted by Crippen LogP contribution is 2.33. The zero-order valence-corrected chi connectivity index (χ0v) is 13.8. The number of likely N-dealkylation sites (tertiary alicyclic amines) is 1. The van der Waals surface area contributed by atoms with Crippen molar-refractivity contribution in [3.63, 3.8) is 0 Å². The highest BCUT2D eigenvalue weighted by atomic mass is 32.2. The van der Waals surface area contributed by atoms with E-state index in [0.717, 1.165) is 6.20 Å². The molecule has 3 rings (SSSR count). The summed E-state index contributed by atoms with van der Waals surface area (Å²) in [5, 5.41) is -0.380. The van der Waals surface area contributed by atoms with Crippen LogP contribution in [0.25, 0.3) is 0 Å². The van der Waals surface area contributed by atoms with E-state index >= 15 is 0 Å². The van der Waals surface area contributed by atoms with Crippen molar-refractivity contribution in [3.05, 3.63) is 29.8 Å². The fourth-order valence-electron chi connectivity index (χ4n) is 3.43. The lowest BCUT2D eigenvalue weighted by Gasteiger charge is -2.21. The van der Waals surface area contributed by atoms with E-state index in [0.29, 0.717) is 38.2 Å². The van der Waals surface area contributed by atoms with Crippen LogP contribution >= 0.6 is 0 Å². The number of aromatic nitrogens is 1. The van der Waals surface area contributed by atoms with Crippen LogP contribution in [-0.4, -0.2) is 60.4 Å². The van der Waals surface area contributed by atoms with E-state index in [9.17, 15) is 17.6 Å².